The predicted octanol–water partition coefficient (Wildman–Crippen LogP) is 1.99. The van der Waals surface area contributed by atoms with Crippen LogP contribution in [-0.4, -0.2) is 19.7 Å². The Morgan fingerprint density at radius 1 is 1.25 bits per heavy atom. The Kier molecular flexibility index (Phi) is 3.34. The summed E-state index contributed by atoms with van der Waals surface area (Å²) in [5, 5.41) is 5.13. The van der Waals surface area contributed by atoms with Gasteiger partial charge in [0.15, 0.2) is 5.65 Å². The van der Waals surface area contributed by atoms with Crippen LogP contribution >= 0.6 is 0 Å². The highest BCUT2D eigenvalue weighted by molar-refractivity contribution is 5.84. The van der Waals surface area contributed by atoms with Crippen molar-refractivity contribution >= 4 is 16.9 Å². The molecule has 16 heavy (non-hydrogen) atoms. The van der Waals surface area contributed by atoms with E-state index >= 15 is 0 Å². The van der Waals surface area contributed by atoms with Crippen molar-refractivity contribution < 1.29 is 0 Å². The third kappa shape index (κ3) is 2.13. The zero-order chi connectivity index (χ0) is 11.4. The third-order valence-electron chi connectivity index (χ3n) is 2.69. The zero-order valence-electron chi connectivity index (χ0n) is 9.56. The van der Waals surface area contributed by atoms with Gasteiger partial charge in [-0.05, 0) is 6.42 Å². The molecule has 5 nitrogen and oxygen atoms in total. The SMILES string of the molecule is CCCCCCn1ncc2c(N)ncnc21. The van der Waals surface area contributed by atoms with E-state index < -0.39 is 0 Å². The van der Waals surface area contributed by atoms with Gasteiger partial charge < -0.3 is 5.73 Å². The molecule has 0 aliphatic carbocycles. The number of nitrogen functional groups attached to an aromatic ring is 1. The number of nitrogens with zero attached hydrogens (tertiary/aromatic N) is 4. The largest absolute Gasteiger partial charge is 0.383 e. The van der Waals surface area contributed by atoms with Crippen LogP contribution in [0.15, 0.2) is 12.5 Å². The maximum Gasteiger partial charge on any atom is 0.163 e. The standard InChI is InChI=1S/C11H17N5/c1-2-3-4-5-6-16-11-9(7-15-16)10(12)13-8-14-11/h7-8H,2-6H2,1H3,(H2,12,13,14). The molecule has 2 rings (SSSR count). The number of fused-ring (bicyclic) bond motifs is 1. The van der Waals surface area contributed by atoms with Crippen LogP contribution in [0.25, 0.3) is 11.0 Å². The van der Waals surface area contributed by atoms with Crippen LogP contribution in [0.5, 0.6) is 0 Å². The van der Waals surface area contributed by atoms with Gasteiger partial charge in [0.1, 0.15) is 12.1 Å². The molecule has 0 atom stereocenters. The number of nitrogens with two attached hydrogens (primary N) is 1. The topological polar surface area (TPSA) is 69.6 Å². The minimum atomic E-state index is 0.504. The summed E-state index contributed by atoms with van der Waals surface area (Å²) in [5.41, 5.74) is 6.58. The summed E-state index contributed by atoms with van der Waals surface area (Å²) in [6.45, 7) is 3.11. The maximum atomic E-state index is 5.74. The Labute approximate surface area is 94.7 Å². The lowest BCUT2D eigenvalue weighted by molar-refractivity contribution is 0.550. The molecule has 5 heteroatoms. The number of aromatic nitrogens is 4. The van der Waals surface area contributed by atoms with E-state index in [1.165, 1.54) is 25.6 Å². The van der Waals surface area contributed by atoms with E-state index in [0.29, 0.717) is 5.82 Å². The summed E-state index contributed by atoms with van der Waals surface area (Å²) >= 11 is 0. The second-order valence-corrected chi connectivity index (χ2v) is 3.92. The Bertz CT molecular complexity index is 462. The summed E-state index contributed by atoms with van der Waals surface area (Å²) in [5.74, 6) is 0.504. The van der Waals surface area contributed by atoms with Gasteiger partial charge in [0, 0.05) is 6.54 Å². The first-order valence-electron chi connectivity index (χ1n) is 5.75. The molecule has 0 amide bonds. The molecular formula is C11H17N5. The Morgan fingerprint density at radius 3 is 2.94 bits per heavy atom. The molecule has 0 aliphatic heterocycles. The van der Waals surface area contributed by atoms with Crippen molar-refractivity contribution in [3.05, 3.63) is 12.5 Å². The summed E-state index contributed by atoms with van der Waals surface area (Å²) in [4.78, 5) is 8.15. The number of hydrogen-bond acceptors (Lipinski definition) is 4. The second-order valence-electron chi connectivity index (χ2n) is 3.92. The van der Waals surface area contributed by atoms with Crippen LogP contribution in [0.2, 0.25) is 0 Å². The normalized spacial score (nSPS) is 11.1. The molecule has 0 radical (unpaired) electrons. The summed E-state index contributed by atoms with van der Waals surface area (Å²) in [6.07, 6.45) is 8.12. The molecule has 2 aromatic heterocycles. The van der Waals surface area contributed by atoms with E-state index in [1.54, 1.807) is 6.20 Å². The molecule has 86 valence electrons. The van der Waals surface area contributed by atoms with Crippen LogP contribution in [0.4, 0.5) is 5.82 Å². The fraction of sp³-hybridized carbons (Fsp3) is 0.545. The molecule has 0 spiro atoms. The lowest BCUT2D eigenvalue weighted by Gasteiger charge is -2.02. The van der Waals surface area contributed by atoms with Crippen molar-refractivity contribution in [1.29, 1.82) is 0 Å². The highest BCUT2D eigenvalue weighted by Crippen LogP contribution is 2.15. The minimum absolute atomic E-state index is 0.504. The Balaban J connectivity index is 2.10. The third-order valence-corrected chi connectivity index (χ3v) is 2.69. The second kappa shape index (κ2) is 4.92. The smallest absolute Gasteiger partial charge is 0.163 e. The first-order valence-corrected chi connectivity index (χ1v) is 5.75. The van der Waals surface area contributed by atoms with Gasteiger partial charge in [-0.2, -0.15) is 5.10 Å². The average molecular weight is 219 g/mol. The van der Waals surface area contributed by atoms with Crippen molar-refractivity contribution in [3.63, 3.8) is 0 Å². The van der Waals surface area contributed by atoms with Gasteiger partial charge in [-0.15, -0.1) is 0 Å². The average Bonchev–Trinajstić information content (AvgIpc) is 2.70. The molecule has 0 saturated carbocycles. The molecule has 0 aliphatic rings. The number of hydrogen-bond donors (Lipinski definition) is 1. The number of rotatable bonds is 5. The van der Waals surface area contributed by atoms with E-state index in [2.05, 4.69) is 22.0 Å². The van der Waals surface area contributed by atoms with Crippen molar-refractivity contribution in [2.45, 2.75) is 39.2 Å². The van der Waals surface area contributed by atoms with Gasteiger partial charge >= 0.3 is 0 Å². The molecule has 0 bridgehead atoms. The van der Waals surface area contributed by atoms with Crippen molar-refractivity contribution in [1.82, 2.24) is 19.7 Å². The summed E-state index contributed by atoms with van der Waals surface area (Å²) in [6, 6.07) is 0. The van der Waals surface area contributed by atoms with Crippen molar-refractivity contribution in [2.75, 3.05) is 5.73 Å². The molecular weight excluding hydrogens is 202 g/mol. The predicted molar refractivity (Wildman–Crippen MR) is 63.9 cm³/mol. The highest BCUT2D eigenvalue weighted by atomic mass is 15.3. The number of anilines is 1. The monoisotopic (exact) mass is 219 g/mol. The molecule has 0 saturated heterocycles. The Hall–Kier alpha value is -1.65. The fourth-order valence-corrected chi connectivity index (χ4v) is 1.76. The van der Waals surface area contributed by atoms with Gasteiger partial charge in [-0.25, -0.2) is 14.6 Å². The molecule has 0 aromatic carbocycles. The number of aryl methyl sites for hydroxylation is 1. The van der Waals surface area contributed by atoms with Crippen LogP contribution in [-0.2, 0) is 6.54 Å². The van der Waals surface area contributed by atoms with Crippen LogP contribution in [0, 0.1) is 0 Å². The van der Waals surface area contributed by atoms with E-state index in [9.17, 15) is 0 Å². The van der Waals surface area contributed by atoms with E-state index in [0.717, 1.165) is 24.0 Å². The van der Waals surface area contributed by atoms with Crippen molar-refractivity contribution in [3.8, 4) is 0 Å². The highest BCUT2D eigenvalue weighted by Gasteiger charge is 2.06. The van der Waals surface area contributed by atoms with Gasteiger partial charge in [-0.3, -0.25) is 0 Å². The van der Waals surface area contributed by atoms with Gasteiger partial charge in [0.2, 0.25) is 0 Å². The van der Waals surface area contributed by atoms with E-state index in [-0.39, 0.29) is 0 Å². The zero-order valence-corrected chi connectivity index (χ0v) is 9.56. The first-order chi connectivity index (χ1) is 7.83. The van der Waals surface area contributed by atoms with Crippen molar-refractivity contribution in [2.24, 2.45) is 0 Å². The van der Waals surface area contributed by atoms with Gasteiger partial charge in [0.25, 0.3) is 0 Å². The first kappa shape index (κ1) is 10.9. The summed E-state index contributed by atoms with van der Waals surface area (Å²) in [7, 11) is 0. The summed E-state index contributed by atoms with van der Waals surface area (Å²) < 4.78 is 1.91. The molecule has 0 fully saturated rings. The Morgan fingerprint density at radius 2 is 2.12 bits per heavy atom. The molecule has 2 heterocycles. The van der Waals surface area contributed by atoms with Gasteiger partial charge in [0.05, 0.1) is 11.6 Å². The minimum Gasteiger partial charge on any atom is -0.383 e. The van der Waals surface area contributed by atoms with Crippen LogP contribution in [0.1, 0.15) is 32.6 Å². The van der Waals surface area contributed by atoms with E-state index in [1.807, 2.05) is 4.68 Å². The van der Waals surface area contributed by atoms with E-state index in [4.69, 9.17) is 5.73 Å². The maximum absolute atomic E-state index is 5.74. The number of unbranched alkanes of at least 4 members (excludes halogenated alkanes) is 3. The molecule has 2 N–H and O–H groups in total. The quantitative estimate of drug-likeness (QED) is 0.781. The lowest BCUT2D eigenvalue weighted by atomic mass is 10.2. The van der Waals surface area contributed by atoms with Crippen LogP contribution < -0.4 is 5.73 Å². The fourth-order valence-electron chi connectivity index (χ4n) is 1.76. The molecule has 2 aromatic rings. The van der Waals surface area contributed by atoms with Crippen LogP contribution in [0.3, 0.4) is 0 Å². The molecule has 0 unspecified atom stereocenters. The van der Waals surface area contributed by atoms with Gasteiger partial charge in [-0.1, -0.05) is 26.2 Å². The lowest BCUT2D eigenvalue weighted by Crippen LogP contribution is -2.02.